The van der Waals surface area contributed by atoms with Crippen molar-refractivity contribution in [3.8, 4) is 0 Å². The fourth-order valence-corrected chi connectivity index (χ4v) is 2.67. The number of carbonyl (C=O) groups excluding carboxylic acids is 1. The van der Waals surface area contributed by atoms with Crippen molar-refractivity contribution in [2.45, 2.75) is 11.8 Å². The molecule has 0 aliphatic carbocycles. The van der Waals surface area contributed by atoms with Gasteiger partial charge in [0.15, 0.2) is 9.84 Å². The molecule has 0 radical (unpaired) electrons. The molecule has 0 aromatic heterocycles. The van der Waals surface area contributed by atoms with Crippen LogP contribution in [0.15, 0.2) is 47.4 Å². The molecule has 0 spiro atoms. The summed E-state index contributed by atoms with van der Waals surface area (Å²) in [6.07, 6.45) is 1.07. The number of carbonyl (C=O) groups is 2. The van der Waals surface area contributed by atoms with Gasteiger partial charge in [-0.3, -0.25) is 4.79 Å². The largest absolute Gasteiger partial charge is 0.478 e. The van der Waals surface area contributed by atoms with E-state index in [0.717, 1.165) is 6.26 Å². The first-order valence-corrected chi connectivity index (χ1v) is 8.53. The zero-order valence-corrected chi connectivity index (χ0v) is 13.3. The summed E-state index contributed by atoms with van der Waals surface area (Å²) in [4.78, 5) is 23.2. The highest BCUT2D eigenvalue weighted by Gasteiger charge is 2.13. The van der Waals surface area contributed by atoms with Crippen LogP contribution in [0.25, 0.3) is 0 Å². The molecule has 0 aliphatic heterocycles. The summed E-state index contributed by atoms with van der Waals surface area (Å²) in [5.74, 6) is -1.52. The van der Waals surface area contributed by atoms with Crippen molar-refractivity contribution < 1.29 is 23.1 Å². The van der Waals surface area contributed by atoms with E-state index in [4.69, 9.17) is 5.11 Å². The minimum absolute atomic E-state index is 0.0584. The monoisotopic (exact) mass is 333 g/mol. The van der Waals surface area contributed by atoms with E-state index in [9.17, 15) is 18.0 Å². The highest BCUT2D eigenvalue weighted by Crippen LogP contribution is 2.18. The molecule has 2 rings (SSSR count). The summed E-state index contributed by atoms with van der Waals surface area (Å²) < 4.78 is 23.1. The van der Waals surface area contributed by atoms with Crippen molar-refractivity contribution in [1.82, 2.24) is 0 Å². The van der Waals surface area contributed by atoms with Gasteiger partial charge in [-0.15, -0.1) is 0 Å². The molecule has 0 saturated heterocycles. The third kappa shape index (κ3) is 3.95. The maximum atomic E-state index is 12.2. The topological polar surface area (TPSA) is 101 Å². The average molecular weight is 333 g/mol. The summed E-state index contributed by atoms with van der Waals surface area (Å²) in [6, 6.07) is 10.0. The third-order valence-electron chi connectivity index (χ3n) is 3.25. The van der Waals surface area contributed by atoms with Gasteiger partial charge in [-0.2, -0.15) is 0 Å². The van der Waals surface area contributed by atoms with Crippen LogP contribution in [0.4, 0.5) is 5.69 Å². The molecule has 0 bridgehead atoms. The molecule has 7 heteroatoms. The quantitative estimate of drug-likeness (QED) is 0.894. The van der Waals surface area contributed by atoms with Gasteiger partial charge in [0, 0.05) is 17.5 Å². The van der Waals surface area contributed by atoms with Gasteiger partial charge in [-0.25, -0.2) is 13.2 Å². The highest BCUT2D eigenvalue weighted by atomic mass is 32.2. The van der Waals surface area contributed by atoms with Gasteiger partial charge >= 0.3 is 5.97 Å². The molecule has 0 heterocycles. The maximum Gasteiger partial charge on any atom is 0.335 e. The molecule has 2 aromatic rings. The van der Waals surface area contributed by atoms with E-state index in [2.05, 4.69) is 5.32 Å². The lowest BCUT2D eigenvalue weighted by Gasteiger charge is -2.10. The number of nitrogens with one attached hydrogen (secondary N) is 1. The molecule has 0 saturated carbocycles. The molecule has 0 atom stereocenters. The van der Waals surface area contributed by atoms with Crippen LogP contribution in [0.1, 0.15) is 26.3 Å². The lowest BCUT2D eigenvalue weighted by Crippen LogP contribution is -2.14. The summed E-state index contributed by atoms with van der Waals surface area (Å²) in [5.41, 5.74) is 1.39. The summed E-state index contributed by atoms with van der Waals surface area (Å²) in [6.45, 7) is 1.68. The van der Waals surface area contributed by atoms with E-state index in [1.54, 1.807) is 6.92 Å². The minimum Gasteiger partial charge on any atom is -0.478 e. The molecule has 2 N–H and O–H groups in total. The SMILES string of the molecule is Cc1cc(C(=O)O)ccc1NC(=O)c1cccc(S(C)(=O)=O)c1. The minimum atomic E-state index is -3.40. The Labute approximate surface area is 133 Å². The van der Waals surface area contributed by atoms with Gasteiger partial charge < -0.3 is 10.4 Å². The van der Waals surface area contributed by atoms with Gasteiger partial charge in [0.25, 0.3) is 5.91 Å². The fourth-order valence-electron chi connectivity index (χ4n) is 2.00. The molecule has 0 fully saturated rings. The number of aromatic carboxylic acids is 1. The number of aryl methyl sites for hydroxylation is 1. The van der Waals surface area contributed by atoms with E-state index in [1.807, 2.05) is 0 Å². The number of rotatable bonds is 4. The van der Waals surface area contributed by atoms with Crippen LogP contribution in [0.2, 0.25) is 0 Å². The fraction of sp³-hybridized carbons (Fsp3) is 0.125. The van der Waals surface area contributed by atoms with E-state index in [-0.39, 0.29) is 16.0 Å². The standard InChI is InChI=1S/C16H15NO5S/c1-10-8-12(16(19)20)6-7-14(10)17-15(18)11-4-3-5-13(9-11)23(2,21)22/h3-9H,1-2H3,(H,17,18)(H,19,20). The molecular formula is C16H15NO5S. The predicted molar refractivity (Wildman–Crippen MR) is 85.6 cm³/mol. The van der Waals surface area contributed by atoms with Crippen LogP contribution < -0.4 is 5.32 Å². The van der Waals surface area contributed by atoms with Crippen molar-refractivity contribution in [1.29, 1.82) is 0 Å². The second kappa shape index (κ2) is 6.21. The Morgan fingerprint density at radius 3 is 2.30 bits per heavy atom. The Morgan fingerprint density at radius 1 is 1.04 bits per heavy atom. The maximum absolute atomic E-state index is 12.2. The van der Waals surface area contributed by atoms with Crippen LogP contribution in [-0.2, 0) is 9.84 Å². The van der Waals surface area contributed by atoms with Gasteiger partial charge in [-0.05, 0) is 48.9 Å². The highest BCUT2D eigenvalue weighted by molar-refractivity contribution is 7.90. The smallest absolute Gasteiger partial charge is 0.335 e. The Morgan fingerprint density at radius 2 is 1.74 bits per heavy atom. The Balaban J connectivity index is 2.28. The molecule has 120 valence electrons. The average Bonchev–Trinajstić information content (AvgIpc) is 2.48. The van der Waals surface area contributed by atoms with Gasteiger partial charge in [-0.1, -0.05) is 6.07 Å². The zero-order valence-electron chi connectivity index (χ0n) is 12.5. The van der Waals surface area contributed by atoms with E-state index < -0.39 is 21.7 Å². The van der Waals surface area contributed by atoms with Gasteiger partial charge in [0.2, 0.25) is 0 Å². The molecular weight excluding hydrogens is 318 g/mol. The Kier molecular flexibility index (Phi) is 4.51. The lowest BCUT2D eigenvalue weighted by atomic mass is 10.1. The predicted octanol–water partition coefficient (Wildman–Crippen LogP) is 2.35. The van der Waals surface area contributed by atoms with Crippen LogP contribution in [0, 0.1) is 6.92 Å². The van der Waals surface area contributed by atoms with E-state index in [0.29, 0.717) is 11.3 Å². The molecule has 1 amide bonds. The summed E-state index contributed by atoms with van der Waals surface area (Å²) in [5, 5.41) is 11.6. The first-order valence-electron chi connectivity index (χ1n) is 6.64. The second-order valence-electron chi connectivity index (χ2n) is 5.09. The number of anilines is 1. The molecule has 6 nitrogen and oxygen atoms in total. The van der Waals surface area contributed by atoms with E-state index >= 15 is 0 Å². The lowest BCUT2D eigenvalue weighted by molar-refractivity contribution is 0.0696. The second-order valence-corrected chi connectivity index (χ2v) is 7.10. The van der Waals surface area contributed by atoms with Crippen LogP contribution in [-0.4, -0.2) is 31.7 Å². The summed E-state index contributed by atoms with van der Waals surface area (Å²) in [7, 11) is -3.40. The number of carboxylic acids is 1. The number of hydrogen-bond acceptors (Lipinski definition) is 4. The van der Waals surface area contributed by atoms with Gasteiger partial charge in [0.05, 0.1) is 10.5 Å². The van der Waals surface area contributed by atoms with Crippen molar-refractivity contribution in [3.05, 3.63) is 59.2 Å². The summed E-state index contributed by atoms with van der Waals surface area (Å²) >= 11 is 0. The van der Waals surface area contributed by atoms with Crippen LogP contribution in [0.5, 0.6) is 0 Å². The van der Waals surface area contributed by atoms with E-state index in [1.165, 1.54) is 42.5 Å². The molecule has 2 aromatic carbocycles. The van der Waals surface area contributed by atoms with Crippen molar-refractivity contribution >= 4 is 27.4 Å². The number of hydrogen-bond donors (Lipinski definition) is 2. The van der Waals surface area contributed by atoms with Crippen LogP contribution >= 0.6 is 0 Å². The zero-order chi connectivity index (χ0) is 17.2. The number of benzene rings is 2. The Bertz CT molecular complexity index is 887. The number of sulfone groups is 1. The molecule has 23 heavy (non-hydrogen) atoms. The molecule has 0 unspecified atom stereocenters. The van der Waals surface area contributed by atoms with Crippen LogP contribution in [0.3, 0.4) is 0 Å². The Hall–Kier alpha value is -2.67. The third-order valence-corrected chi connectivity index (χ3v) is 4.36. The van der Waals surface area contributed by atoms with Crippen molar-refractivity contribution in [2.24, 2.45) is 0 Å². The van der Waals surface area contributed by atoms with Crippen molar-refractivity contribution in [2.75, 3.05) is 11.6 Å². The first-order chi connectivity index (χ1) is 10.7. The normalized spacial score (nSPS) is 11.0. The van der Waals surface area contributed by atoms with Gasteiger partial charge in [0.1, 0.15) is 0 Å². The number of amides is 1. The molecule has 0 aliphatic rings. The number of carboxylic acid groups (broad SMARTS) is 1. The van der Waals surface area contributed by atoms with Crippen molar-refractivity contribution in [3.63, 3.8) is 0 Å². The first kappa shape index (κ1) is 16.7.